The number of unbranched alkanes of at least 4 members (excludes halogenated alkanes) is 1. The lowest BCUT2D eigenvalue weighted by molar-refractivity contribution is 0.282. The van der Waals surface area contributed by atoms with E-state index in [4.69, 9.17) is 5.11 Å². The molecule has 0 unspecified atom stereocenters. The first-order valence-corrected chi connectivity index (χ1v) is 8.25. The molecule has 1 aromatic carbocycles. The first-order valence-electron chi connectivity index (χ1n) is 6.77. The summed E-state index contributed by atoms with van der Waals surface area (Å²) >= 11 is 0. The minimum absolute atomic E-state index is 0.0952. The number of nitrogens with zero attached hydrogens (tertiary/aromatic N) is 2. The largest absolute Gasteiger partial charge is 0.392 e. The van der Waals surface area contributed by atoms with Gasteiger partial charge in [0.25, 0.3) is 0 Å². The van der Waals surface area contributed by atoms with Crippen molar-refractivity contribution in [3.8, 4) is 0 Å². The number of hydrogen-bond donors (Lipinski definition) is 2. The number of hydrogen-bond acceptors (Lipinski definition) is 4. The Hall–Kier alpha value is -1.70. The minimum atomic E-state index is -3.47. The van der Waals surface area contributed by atoms with Gasteiger partial charge in [-0.2, -0.15) is 0 Å². The summed E-state index contributed by atoms with van der Waals surface area (Å²) in [7, 11) is -3.47. The van der Waals surface area contributed by atoms with Gasteiger partial charge in [-0.05, 0) is 30.5 Å². The molecule has 0 bridgehead atoms. The topological polar surface area (TPSA) is 84.2 Å². The van der Waals surface area contributed by atoms with Crippen LogP contribution in [-0.2, 0) is 23.2 Å². The Morgan fingerprint density at radius 1 is 1.19 bits per heavy atom. The average Bonchev–Trinajstić information content (AvgIpc) is 3.00. The maximum Gasteiger partial charge on any atom is 0.240 e. The number of imidazole rings is 1. The van der Waals surface area contributed by atoms with Crippen molar-refractivity contribution in [2.75, 3.05) is 6.54 Å². The second-order valence-corrected chi connectivity index (χ2v) is 6.47. The molecule has 0 aliphatic heterocycles. The molecule has 0 spiro atoms. The zero-order valence-corrected chi connectivity index (χ0v) is 12.5. The van der Waals surface area contributed by atoms with Crippen molar-refractivity contribution in [1.82, 2.24) is 14.3 Å². The van der Waals surface area contributed by atoms with E-state index in [-0.39, 0.29) is 11.5 Å². The minimum Gasteiger partial charge on any atom is -0.392 e. The molecule has 0 amide bonds. The van der Waals surface area contributed by atoms with Gasteiger partial charge in [-0.1, -0.05) is 12.1 Å². The highest BCUT2D eigenvalue weighted by Gasteiger charge is 2.12. The summed E-state index contributed by atoms with van der Waals surface area (Å²) in [6.07, 6.45) is 6.98. The first-order chi connectivity index (χ1) is 10.1. The average molecular weight is 309 g/mol. The molecule has 0 atom stereocenters. The van der Waals surface area contributed by atoms with E-state index in [0.717, 1.165) is 19.4 Å². The van der Waals surface area contributed by atoms with Crippen LogP contribution < -0.4 is 4.72 Å². The SMILES string of the molecule is O=S(=O)(NCCCCn1ccnc1)c1ccc(CO)cc1. The van der Waals surface area contributed by atoms with Crippen LogP contribution in [-0.4, -0.2) is 29.6 Å². The zero-order chi connectivity index (χ0) is 15.1. The highest BCUT2D eigenvalue weighted by atomic mass is 32.2. The van der Waals surface area contributed by atoms with Gasteiger partial charge in [-0.25, -0.2) is 18.1 Å². The third kappa shape index (κ3) is 4.66. The standard InChI is InChI=1S/C14H19N3O3S/c18-11-13-3-5-14(6-4-13)21(19,20)16-7-1-2-9-17-10-8-15-12-17/h3-6,8,10,12,16,18H,1-2,7,9,11H2. The number of aromatic nitrogens is 2. The molecule has 2 aromatic rings. The molecular weight excluding hydrogens is 290 g/mol. The van der Waals surface area contributed by atoms with Crippen molar-refractivity contribution in [1.29, 1.82) is 0 Å². The number of sulfonamides is 1. The Kier molecular flexibility index (Phi) is 5.49. The number of aliphatic hydroxyl groups is 1. The van der Waals surface area contributed by atoms with Gasteiger partial charge < -0.3 is 9.67 Å². The summed E-state index contributed by atoms with van der Waals surface area (Å²) in [5.74, 6) is 0. The zero-order valence-electron chi connectivity index (χ0n) is 11.6. The van der Waals surface area contributed by atoms with Gasteiger partial charge in [0.1, 0.15) is 0 Å². The van der Waals surface area contributed by atoms with Crippen LogP contribution in [0.5, 0.6) is 0 Å². The van der Waals surface area contributed by atoms with Crippen LogP contribution in [0.25, 0.3) is 0 Å². The van der Waals surface area contributed by atoms with Crippen LogP contribution >= 0.6 is 0 Å². The molecule has 1 heterocycles. The molecule has 21 heavy (non-hydrogen) atoms. The van der Waals surface area contributed by atoms with Crippen LogP contribution in [0.1, 0.15) is 18.4 Å². The number of aryl methyl sites for hydroxylation is 1. The molecule has 0 saturated carbocycles. The van der Waals surface area contributed by atoms with Gasteiger partial charge in [0, 0.05) is 25.5 Å². The normalized spacial score (nSPS) is 11.7. The summed E-state index contributed by atoms with van der Waals surface area (Å²) in [5, 5.41) is 8.94. The van der Waals surface area contributed by atoms with E-state index >= 15 is 0 Å². The number of benzene rings is 1. The highest BCUT2D eigenvalue weighted by Crippen LogP contribution is 2.10. The summed E-state index contributed by atoms with van der Waals surface area (Å²) in [5.41, 5.74) is 0.689. The summed E-state index contributed by atoms with van der Waals surface area (Å²) in [6, 6.07) is 6.21. The Morgan fingerprint density at radius 3 is 2.57 bits per heavy atom. The van der Waals surface area contributed by atoms with Crippen molar-refractivity contribution in [3.63, 3.8) is 0 Å². The second-order valence-electron chi connectivity index (χ2n) is 4.71. The molecule has 0 radical (unpaired) electrons. The predicted octanol–water partition coefficient (Wildman–Crippen LogP) is 1.13. The monoisotopic (exact) mass is 309 g/mol. The van der Waals surface area contributed by atoms with E-state index in [1.165, 1.54) is 12.1 Å². The molecule has 114 valence electrons. The van der Waals surface area contributed by atoms with Crippen molar-refractivity contribution in [3.05, 3.63) is 48.5 Å². The maximum atomic E-state index is 12.0. The van der Waals surface area contributed by atoms with Gasteiger partial charge in [0.05, 0.1) is 17.8 Å². The van der Waals surface area contributed by atoms with Crippen LogP contribution in [0.2, 0.25) is 0 Å². The van der Waals surface area contributed by atoms with E-state index in [0.29, 0.717) is 12.1 Å². The number of nitrogens with one attached hydrogen (secondary N) is 1. The molecule has 2 N–H and O–H groups in total. The third-order valence-corrected chi connectivity index (χ3v) is 4.59. The van der Waals surface area contributed by atoms with E-state index in [1.807, 2.05) is 10.8 Å². The molecule has 1 aromatic heterocycles. The van der Waals surface area contributed by atoms with E-state index in [9.17, 15) is 8.42 Å². The second kappa shape index (κ2) is 7.35. The Balaban J connectivity index is 1.78. The smallest absolute Gasteiger partial charge is 0.240 e. The molecule has 0 aliphatic carbocycles. The molecular formula is C14H19N3O3S. The molecule has 6 nitrogen and oxygen atoms in total. The van der Waals surface area contributed by atoms with Crippen molar-refractivity contribution < 1.29 is 13.5 Å². The predicted molar refractivity (Wildman–Crippen MR) is 79.0 cm³/mol. The van der Waals surface area contributed by atoms with E-state index in [1.54, 1.807) is 24.7 Å². The van der Waals surface area contributed by atoms with Crippen molar-refractivity contribution in [2.45, 2.75) is 30.9 Å². The molecule has 0 fully saturated rings. The van der Waals surface area contributed by atoms with Gasteiger partial charge >= 0.3 is 0 Å². The molecule has 7 heteroatoms. The maximum absolute atomic E-state index is 12.0. The van der Waals surface area contributed by atoms with Crippen LogP contribution in [0.4, 0.5) is 0 Å². The Bertz CT molecular complexity index is 637. The van der Waals surface area contributed by atoms with Crippen LogP contribution in [0, 0.1) is 0 Å². The Labute approximate surface area is 124 Å². The van der Waals surface area contributed by atoms with Crippen molar-refractivity contribution in [2.24, 2.45) is 0 Å². The quantitative estimate of drug-likeness (QED) is 0.716. The first kappa shape index (κ1) is 15.7. The molecule has 2 rings (SSSR count). The van der Waals surface area contributed by atoms with Gasteiger partial charge in [0.15, 0.2) is 0 Å². The lowest BCUT2D eigenvalue weighted by atomic mass is 10.2. The number of rotatable bonds is 8. The highest BCUT2D eigenvalue weighted by molar-refractivity contribution is 7.89. The fourth-order valence-corrected chi connectivity index (χ4v) is 2.98. The fourth-order valence-electron chi connectivity index (χ4n) is 1.90. The van der Waals surface area contributed by atoms with E-state index in [2.05, 4.69) is 9.71 Å². The van der Waals surface area contributed by atoms with Gasteiger partial charge in [-0.3, -0.25) is 0 Å². The molecule has 0 aliphatic rings. The lowest BCUT2D eigenvalue weighted by Gasteiger charge is -2.07. The molecule has 0 saturated heterocycles. The third-order valence-electron chi connectivity index (χ3n) is 3.11. The fraction of sp³-hybridized carbons (Fsp3) is 0.357. The number of aliphatic hydroxyl groups excluding tert-OH is 1. The van der Waals surface area contributed by atoms with Crippen molar-refractivity contribution >= 4 is 10.0 Å². The van der Waals surface area contributed by atoms with Crippen LogP contribution in [0.3, 0.4) is 0 Å². The lowest BCUT2D eigenvalue weighted by Crippen LogP contribution is -2.25. The van der Waals surface area contributed by atoms with Crippen LogP contribution in [0.15, 0.2) is 47.9 Å². The Morgan fingerprint density at radius 2 is 1.95 bits per heavy atom. The van der Waals surface area contributed by atoms with Gasteiger partial charge in [-0.15, -0.1) is 0 Å². The summed E-state index contributed by atoms with van der Waals surface area (Å²) in [6.45, 7) is 1.13. The van der Waals surface area contributed by atoms with Gasteiger partial charge in [0.2, 0.25) is 10.0 Å². The van der Waals surface area contributed by atoms with E-state index < -0.39 is 10.0 Å². The summed E-state index contributed by atoms with van der Waals surface area (Å²) < 4.78 is 28.6. The summed E-state index contributed by atoms with van der Waals surface area (Å²) in [4.78, 5) is 4.16.